The molecule has 0 aromatic rings. The molecule has 1 heteroatoms. The fraction of sp³-hybridized carbons (Fsp3) is 1.00. The van der Waals surface area contributed by atoms with Crippen LogP contribution in [0.4, 0.5) is 0 Å². The first kappa shape index (κ1) is 7.07. The molecule has 0 spiro atoms. The molecular formula is C8H17N. The Morgan fingerprint density at radius 3 is 2.33 bits per heavy atom. The van der Waals surface area contributed by atoms with Crippen molar-refractivity contribution >= 4 is 0 Å². The highest BCUT2D eigenvalue weighted by atomic mass is 15.0. The van der Waals surface area contributed by atoms with Crippen LogP contribution in [-0.4, -0.2) is 12.6 Å². The van der Waals surface area contributed by atoms with Crippen molar-refractivity contribution in [3.8, 4) is 0 Å². The molecule has 0 aromatic heterocycles. The number of nitrogens with one attached hydrogen (secondary N) is 1. The molecule has 0 bridgehead atoms. The SMILES string of the molecule is CCC1C(C)CNC1C. The van der Waals surface area contributed by atoms with Gasteiger partial charge in [0.05, 0.1) is 0 Å². The zero-order valence-electron chi connectivity index (χ0n) is 6.65. The molecule has 1 saturated heterocycles. The Labute approximate surface area is 57.8 Å². The minimum atomic E-state index is 0.755. The van der Waals surface area contributed by atoms with E-state index in [1.54, 1.807) is 0 Å². The van der Waals surface area contributed by atoms with Crippen molar-refractivity contribution in [3.05, 3.63) is 0 Å². The fourth-order valence-electron chi connectivity index (χ4n) is 1.92. The molecule has 3 unspecified atom stereocenters. The van der Waals surface area contributed by atoms with Crippen LogP contribution >= 0.6 is 0 Å². The van der Waals surface area contributed by atoms with Crippen LogP contribution in [0.1, 0.15) is 27.2 Å². The summed E-state index contributed by atoms with van der Waals surface area (Å²) in [6, 6.07) is 0.755. The largest absolute Gasteiger partial charge is 0.314 e. The molecule has 54 valence electrons. The Morgan fingerprint density at radius 2 is 2.11 bits per heavy atom. The average Bonchev–Trinajstić information content (AvgIpc) is 2.12. The van der Waals surface area contributed by atoms with Crippen LogP contribution in [-0.2, 0) is 0 Å². The van der Waals surface area contributed by atoms with Gasteiger partial charge in [-0.15, -0.1) is 0 Å². The molecule has 0 amide bonds. The normalized spacial score (nSPS) is 43.7. The molecule has 0 saturated carbocycles. The molecule has 1 rings (SSSR count). The van der Waals surface area contributed by atoms with E-state index in [-0.39, 0.29) is 0 Å². The Balaban J connectivity index is 2.44. The predicted octanol–water partition coefficient (Wildman–Crippen LogP) is 1.64. The molecule has 1 aliphatic rings. The van der Waals surface area contributed by atoms with Crippen molar-refractivity contribution in [1.29, 1.82) is 0 Å². The summed E-state index contributed by atoms with van der Waals surface area (Å²) in [5.74, 6) is 1.81. The van der Waals surface area contributed by atoms with Gasteiger partial charge in [0, 0.05) is 6.04 Å². The molecule has 1 heterocycles. The molecule has 0 radical (unpaired) electrons. The van der Waals surface area contributed by atoms with Crippen molar-refractivity contribution in [2.75, 3.05) is 6.54 Å². The van der Waals surface area contributed by atoms with E-state index in [1.807, 2.05) is 0 Å². The third-order valence-corrected chi connectivity index (χ3v) is 2.61. The standard InChI is InChI=1S/C8H17N/c1-4-8-6(2)5-9-7(8)3/h6-9H,4-5H2,1-3H3. The van der Waals surface area contributed by atoms with Gasteiger partial charge < -0.3 is 5.32 Å². The summed E-state index contributed by atoms with van der Waals surface area (Å²) in [4.78, 5) is 0. The average molecular weight is 127 g/mol. The van der Waals surface area contributed by atoms with Crippen LogP contribution in [0.3, 0.4) is 0 Å². The maximum atomic E-state index is 3.47. The second-order valence-corrected chi connectivity index (χ2v) is 3.25. The van der Waals surface area contributed by atoms with Crippen molar-refractivity contribution in [2.45, 2.75) is 33.2 Å². The van der Waals surface area contributed by atoms with E-state index < -0.39 is 0 Å². The van der Waals surface area contributed by atoms with Crippen LogP contribution < -0.4 is 5.32 Å². The molecule has 3 atom stereocenters. The second kappa shape index (κ2) is 2.70. The number of rotatable bonds is 1. The zero-order valence-corrected chi connectivity index (χ0v) is 6.65. The van der Waals surface area contributed by atoms with Gasteiger partial charge in [-0.3, -0.25) is 0 Å². The lowest BCUT2D eigenvalue weighted by Gasteiger charge is -2.15. The zero-order chi connectivity index (χ0) is 6.85. The molecule has 1 aliphatic heterocycles. The first-order valence-electron chi connectivity index (χ1n) is 3.99. The van der Waals surface area contributed by atoms with Gasteiger partial charge in [0.25, 0.3) is 0 Å². The lowest BCUT2D eigenvalue weighted by atomic mass is 9.91. The lowest BCUT2D eigenvalue weighted by Crippen LogP contribution is -2.22. The van der Waals surface area contributed by atoms with E-state index in [2.05, 4.69) is 26.1 Å². The molecule has 1 nitrogen and oxygen atoms in total. The van der Waals surface area contributed by atoms with E-state index in [1.165, 1.54) is 13.0 Å². The van der Waals surface area contributed by atoms with Crippen molar-refractivity contribution < 1.29 is 0 Å². The maximum absolute atomic E-state index is 3.47. The molecule has 1 fully saturated rings. The number of hydrogen-bond donors (Lipinski definition) is 1. The van der Waals surface area contributed by atoms with E-state index in [0.29, 0.717) is 0 Å². The Bertz CT molecular complexity index is 80.6. The second-order valence-electron chi connectivity index (χ2n) is 3.25. The van der Waals surface area contributed by atoms with Gasteiger partial charge in [-0.2, -0.15) is 0 Å². The van der Waals surface area contributed by atoms with Crippen molar-refractivity contribution in [2.24, 2.45) is 11.8 Å². The molecular weight excluding hydrogens is 110 g/mol. The summed E-state index contributed by atoms with van der Waals surface area (Å²) in [6.07, 6.45) is 1.33. The Hall–Kier alpha value is -0.0400. The summed E-state index contributed by atoms with van der Waals surface area (Å²) < 4.78 is 0. The molecule has 9 heavy (non-hydrogen) atoms. The van der Waals surface area contributed by atoms with Crippen LogP contribution in [0, 0.1) is 11.8 Å². The summed E-state index contributed by atoms with van der Waals surface area (Å²) >= 11 is 0. The summed E-state index contributed by atoms with van der Waals surface area (Å²) in [5.41, 5.74) is 0. The third kappa shape index (κ3) is 1.26. The van der Waals surface area contributed by atoms with E-state index in [0.717, 1.165) is 17.9 Å². The summed E-state index contributed by atoms with van der Waals surface area (Å²) in [5, 5.41) is 3.47. The minimum absolute atomic E-state index is 0.755. The van der Waals surface area contributed by atoms with Crippen LogP contribution in [0.2, 0.25) is 0 Å². The monoisotopic (exact) mass is 127 g/mol. The van der Waals surface area contributed by atoms with Gasteiger partial charge >= 0.3 is 0 Å². The Morgan fingerprint density at radius 1 is 1.44 bits per heavy atom. The summed E-state index contributed by atoms with van der Waals surface area (Å²) in [7, 11) is 0. The third-order valence-electron chi connectivity index (χ3n) is 2.61. The predicted molar refractivity (Wildman–Crippen MR) is 40.4 cm³/mol. The van der Waals surface area contributed by atoms with Gasteiger partial charge in [-0.1, -0.05) is 20.3 Å². The highest BCUT2D eigenvalue weighted by molar-refractivity contribution is 4.83. The topological polar surface area (TPSA) is 12.0 Å². The van der Waals surface area contributed by atoms with Crippen LogP contribution in [0.25, 0.3) is 0 Å². The minimum Gasteiger partial charge on any atom is -0.314 e. The van der Waals surface area contributed by atoms with Crippen LogP contribution in [0.15, 0.2) is 0 Å². The van der Waals surface area contributed by atoms with E-state index in [4.69, 9.17) is 0 Å². The van der Waals surface area contributed by atoms with E-state index in [9.17, 15) is 0 Å². The maximum Gasteiger partial charge on any atom is 0.00700 e. The van der Waals surface area contributed by atoms with Crippen molar-refractivity contribution in [1.82, 2.24) is 5.32 Å². The van der Waals surface area contributed by atoms with Gasteiger partial charge in [-0.05, 0) is 25.3 Å². The Kier molecular flexibility index (Phi) is 2.12. The van der Waals surface area contributed by atoms with Gasteiger partial charge in [0.1, 0.15) is 0 Å². The van der Waals surface area contributed by atoms with Crippen LogP contribution in [0.5, 0.6) is 0 Å². The van der Waals surface area contributed by atoms with Gasteiger partial charge in [0.2, 0.25) is 0 Å². The quantitative estimate of drug-likeness (QED) is 0.564. The molecule has 0 aromatic carbocycles. The number of hydrogen-bond acceptors (Lipinski definition) is 1. The highest BCUT2D eigenvalue weighted by Crippen LogP contribution is 2.24. The van der Waals surface area contributed by atoms with Crippen molar-refractivity contribution in [3.63, 3.8) is 0 Å². The first-order valence-corrected chi connectivity index (χ1v) is 3.99. The lowest BCUT2D eigenvalue weighted by molar-refractivity contribution is 0.386. The van der Waals surface area contributed by atoms with E-state index >= 15 is 0 Å². The highest BCUT2D eigenvalue weighted by Gasteiger charge is 2.27. The summed E-state index contributed by atoms with van der Waals surface area (Å²) in [6.45, 7) is 8.13. The molecule has 0 aliphatic carbocycles. The fourth-order valence-corrected chi connectivity index (χ4v) is 1.92. The smallest absolute Gasteiger partial charge is 0.00700 e. The first-order chi connectivity index (χ1) is 4.25. The molecule has 1 N–H and O–H groups in total. The van der Waals surface area contributed by atoms with Gasteiger partial charge in [0.15, 0.2) is 0 Å². The van der Waals surface area contributed by atoms with Gasteiger partial charge in [-0.25, -0.2) is 0 Å².